The van der Waals surface area contributed by atoms with E-state index < -0.39 is 10.4 Å². The van der Waals surface area contributed by atoms with E-state index in [4.69, 9.17) is 0 Å². The third-order valence-electron chi connectivity index (χ3n) is 5.50. The molecule has 2 aromatic carbocycles. The third kappa shape index (κ3) is 5.25. The highest BCUT2D eigenvalue weighted by atomic mass is 32.3. The third-order valence-corrected chi connectivity index (χ3v) is 8.42. The van der Waals surface area contributed by atoms with Crippen LogP contribution in [0.5, 0.6) is 0 Å². The van der Waals surface area contributed by atoms with Crippen LogP contribution in [0.25, 0.3) is 11.1 Å². The van der Waals surface area contributed by atoms with Crippen molar-refractivity contribution in [1.29, 1.82) is 0 Å². The van der Waals surface area contributed by atoms with Crippen LogP contribution in [0.15, 0.2) is 64.2 Å². The van der Waals surface area contributed by atoms with E-state index in [0.717, 1.165) is 32.5 Å². The molecule has 1 aliphatic heterocycles. The second-order valence-electron chi connectivity index (χ2n) is 8.20. The van der Waals surface area contributed by atoms with Crippen molar-refractivity contribution in [3.05, 3.63) is 76.7 Å². The molecular formula is C24H28N2O2S2. The average molecular weight is 441 g/mol. The van der Waals surface area contributed by atoms with Crippen molar-refractivity contribution < 1.29 is 8.76 Å². The van der Waals surface area contributed by atoms with Crippen molar-refractivity contribution in [3.8, 4) is 11.1 Å². The van der Waals surface area contributed by atoms with Crippen LogP contribution in [0.4, 0.5) is 0 Å². The normalized spacial score (nSPS) is 19.5. The van der Waals surface area contributed by atoms with Gasteiger partial charge >= 0.3 is 0 Å². The smallest absolute Gasteiger partial charge is 0.228 e. The Kier molecular flexibility index (Phi) is 6.51. The first-order chi connectivity index (χ1) is 14.4. The Balaban J connectivity index is 1.39. The van der Waals surface area contributed by atoms with E-state index in [1.807, 2.05) is 0 Å². The Morgan fingerprint density at radius 2 is 1.83 bits per heavy atom. The molecule has 0 bridgehead atoms. The van der Waals surface area contributed by atoms with Crippen molar-refractivity contribution in [2.24, 2.45) is 0 Å². The van der Waals surface area contributed by atoms with Crippen LogP contribution in [0.1, 0.15) is 29.5 Å². The van der Waals surface area contributed by atoms with Gasteiger partial charge in [-0.05, 0) is 61.4 Å². The van der Waals surface area contributed by atoms with Crippen LogP contribution in [0, 0.1) is 13.8 Å². The van der Waals surface area contributed by atoms with E-state index in [0.29, 0.717) is 4.21 Å². The predicted molar refractivity (Wildman–Crippen MR) is 124 cm³/mol. The van der Waals surface area contributed by atoms with Gasteiger partial charge in [0.05, 0.1) is 6.04 Å². The number of thiophene rings is 1. The Labute approximate surface area is 184 Å². The van der Waals surface area contributed by atoms with Gasteiger partial charge in [-0.25, -0.2) is 0 Å². The van der Waals surface area contributed by atoms with Crippen LogP contribution < -0.4 is 4.72 Å². The van der Waals surface area contributed by atoms with Crippen LogP contribution in [0.3, 0.4) is 0 Å². The minimum absolute atomic E-state index is 0.0413. The fourth-order valence-electron chi connectivity index (χ4n) is 4.19. The fraction of sp³-hybridized carbons (Fsp3) is 0.333. The first-order valence-electron chi connectivity index (χ1n) is 10.3. The van der Waals surface area contributed by atoms with Gasteiger partial charge in [-0.3, -0.25) is 4.90 Å². The number of nitrogens with zero attached hydrogens (tertiary/aromatic N) is 1. The largest absolute Gasteiger partial charge is 0.592 e. The molecule has 0 aliphatic carbocycles. The molecule has 2 unspecified atom stereocenters. The van der Waals surface area contributed by atoms with E-state index in [2.05, 4.69) is 65.9 Å². The van der Waals surface area contributed by atoms with Gasteiger partial charge < -0.3 is 4.55 Å². The molecule has 2 atom stereocenters. The molecule has 30 heavy (non-hydrogen) atoms. The molecule has 3 aromatic rings. The summed E-state index contributed by atoms with van der Waals surface area (Å²) in [6.45, 7) is 6.83. The van der Waals surface area contributed by atoms with Gasteiger partial charge in [0.1, 0.15) is 0 Å². The maximum atomic E-state index is 12.5. The molecule has 1 aromatic heterocycles. The molecule has 2 heterocycles. The summed E-state index contributed by atoms with van der Waals surface area (Å²) >= 11 is 1.26. The quantitative estimate of drug-likeness (QED) is 0.537. The summed E-state index contributed by atoms with van der Waals surface area (Å²) in [4.78, 5) is 2.34. The second kappa shape index (κ2) is 9.12. The Morgan fingerprint density at radius 3 is 2.50 bits per heavy atom. The molecule has 1 saturated heterocycles. The van der Waals surface area contributed by atoms with Crippen LogP contribution in [-0.2, 0) is 21.2 Å². The zero-order valence-corrected chi connectivity index (χ0v) is 19.1. The molecule has 0 amide bonds. The lowest BCUT2D eigenvalue weighted by molar-refractivity contribution is 0.193. The van der Waals surface area contributed by atoms with Crippen molar-refractivity contribution in [1.82, 2.24) is 9.62 Å². The first-order valence-corrected chi connectivity index (χ1v) is 12.7. The number of hydrogen-bond acceptors (Lipinski definition) is 4. The molecule has 4 rings (SSSR count). The molecule has 1 fully saturated rings. The Morgan fingerprint density at radius 1 is 1.10 bits per heavy atom. The van der Waals surface area contributed by atoms with Crippen molar-refractivity contribution in [2.45, 2.75) is 43.5 Å². The number of sulfonamides is 1. The number of benzene rings is 2. The minimum Gasteiger partial charge on any atom is -0.592 e. The van der Waals surface area contributed by atoms with Crippen LogP contribution >= 0.6 is 11.3 Å². The van der Waals surface area contributed by atoms with Gasteiger partial charge in [-0.15, -0.1) is 4.72 Å². The molecule has 1 N–H and O–H groups in total. The molecular weight excluding hydrogens is 412 g/mol. The van der Waals surface area contributed by atoms with E-state index in [-0.39, 0.29) is 6.04 Å². The van der Waals surface area contributed by atoms with Crippen LogP contribution in [0.2, 0.25) is 0 Å². The SMILES string of the molecule is Cc1cc(C)cc(-c2ccc(CN3CCCC(N[S+](=O)([O-])c4cccs4)C3)cc2)c1. The van der Waals surface area contributed by atoms with Gasteiger partial charge in [0, 0.05) is 19.2 Å². The maximum absolute atomic E-state index is 12.5. The Bertz CT molecular complexity index is 1010. The number of aryl methyl sites for hydroxylation is 2. The van der Waals surface area contributed by atoms with E-state index in [1.54, 1.807) is 17.5 Å². The number of rotatable bonds is 6. The Hall–Kier alpha value is -1.83. The fourth-order valence-corrected chi connectivity index (χ4v) is 6.46. The van der Waals surface area contributed by atoms with Crippen LogP contribution in [-0.4, -0.2) is 28.6 Å². The van der Waals surface area contributed by atoms with Gasteiger partial charge in [-0.2, -0.15) is 0 Å². The monoisotopic (exact) mass is 440 g/mol. The zero-order valence-electron chi connectivity index (χ0n) is 17.5. The number of hydrogen-bond donors (Lipinski definition) is 1. The highest BCUT2D eigenvalue weighted by Crippen LogP contribution is 2.25. The number of piperidine rings is 1. The van der Waals surface area contributed by atoms with E-state index in [9.17, 15) is 8.76 Å². The lowest BCUT2D eigenvalue weighted by Gasteiger charge is -2.33. The lowest BCUT2D eigenvalue weighted by atomic mass is 9.99. The maximum Gasteiger partial charge on any atom is 0.228 e. The summed E-state index contributed by atoms with van der Waals surface area (Å²) in [7, 11) is -3.41. The molecule has 0 spiro atoms. The zero-order chi connectivity index (χ0) is 21.1. The molecule has 4 nitrogen and oxygen atoms in total. The number of likely N-dealkylation sites (tertiary alicyclic amines) is 1. The van der Waals surface area contributed by atoms with Gasteiger partial charge in [-0.1, -0.05) is 69.1 Å². The van der Waals surface area contributed by atoms with Crippen molar-refractivity contribution in [2.75, 3.05) is 13.1 Å². The highest BCUT2D eigenvalue weighted by Gasteiger charge is 2.29. The van der Waals surface area contributed by atoms with Crippen molar-refractivity contribution >= 4 is 21.7 Å². The predicted octanol–water partition coefficient (Wildman–Crippen LogP) is 5.19. The summed E-state index contributed by atoms with van der Waals surface area (Å²) in [5.74, 6) is 0. The summed E-state index contributed by atoms with van der Waals surface area (Å²) in [5.41, 5.74) is 6.28. The topological polar surface area (TPSA) is 55.4 Å². The van der Waals surface area contributed by atoms with Crippen molar-refractivity contribution in [3.63, 3.8) is 0 Å². The van der Waals surface area contributed by atoms with E-state index in [1.165, 1.54) is 39.2 Å². The summed E-state index contributed by atoms with van der Waals surface area (Å²) in [6.07, 6.45) is 1.88. The van der Waals surface area contributed by atoms with Gasteiger partial charge in [0.25, 0.3) is 0 Å². The molecule has 0 saturated carbocycles. The summed E-state index contributed by atoms with van der Waals surface area (Å²) < 4.78 is 28.3. The first kappa shape index (κ1) is 21.4. The highest BCUT2D eigenvalue weighted by molar-refractivity contribution is 7.97. The molecule has 6 heteroatoms. The van der Waals surface area contributed by atoms with Gasteiger partial charge in [0.2, 0.25) is 4.21 Å². The molecule has 158 valence electrons. The molecule has 1 aliphatic rings. The standard InChI is InChI=1S/C24H28N2O2S2/c1-18-13-19(2)15-22(14-18)21-9-7-20(8-10-21)16-26-11-3-5-23(17-26)25-30(27,28)24-6-4-12-29-24/h4,6-10,12-15,23H,3,5,11,16-17H2,1-2H3,(H-,25,27,28). The van der Waals surface area contributed by atoms with Gasteiger partial charge in [0.15, 0.2) is 10.4 Å². The lowest BCUT2D eigenvalue weighted by Crippen LogP contribution is -2.49. The van der Waals surface area contributed by atoms with E-state index >= 15 is 0 Å². The molecule has 0 radical (unpaired) electrons. The summed E-state index contributed by atoms with van der Waals surface area (Å²) in [6, 6.07) is 18.8. The number of nitrogens with one attached hydrogen (secondary N) is 1. The average Bonchev–Trinajstić information content (AvgIpc) is 3.24. The second-order valence-corrected chi connectivity index (χ2v) is 11.1. The summed E-state index contributed by atoms with van der Waals surface area (Å²) in [5, 5.41) is 1.80. The minimum atomic E-state index is -3.41.